The number of halogens is 2. The van der Waals surface area contributed by atoms with Gasteiger partial charge in [0.05, 0.1) is 11.6 Å². The van der Waals surface area contributed by atoms with Crippen molar-refractivity contribution in [2.24, 2.45) is 0 Å². The second-order valence-electron chi connectivity index (χ2n) is 7.30. The normalized spacial score (nSPS) is 12.2. The molecule has 3 aromatic heterocycles. The molecule has 31 heavy (non-hydrogen) atoms. The van der Waals surface area contributed by atoms with Gasteiger partial charge in [0.1, 0.15) is 18.0 Å². The fourth-order valence-electron chi connectivity index (χ4n) is 3.59. The van der Waals surface area contributed by atoms with E-state index in [-0.39, 0.29) is 17.4 Å². The first-order valence-electron chi connectivity index (χ1n) is 9.79. The van der Waals surface area contributed by atoms with Crippen molar-refractivity contribution < 1.29 is 8.78 Å². The summed E-state index contributed by atoms with van der Waals surface area (Å²) in [6, 6.07) is 13.3. The standard InChI is InChI=1S/C23H22F2N6/c1-13-8-18(15-6-4-3-5-7-15)20(30-13)14(2)31-23-19(22(26)28-12-29-23)16-9-17(21(24)25)11-27-10-16/h3-12,14,21,30H,1-2H3,(H3,26,28,29,31). The zero-order chi connectivity index (χ0) is 22.0. The third-order valence-electron chi connectivity index (χ3n) is 5.03. The lowest BCUT2D eigenvalue weighted by atomic mass is 10.0. The van der Waals surface area contributed by atoms with E-state index in [1.54, 1.807) is 0 Å². The monoisotopic (exact) mass is 420 g/mol. The van der Waals surface area contributed by atoms with Crippen LogP contribution in [0.4, 0.5) is 20.4 Å². The predicted octanol–water partition coefficient (Wildman–Crippen LogP) is 5.54. The maximum atomic E-state index is 13.2. The molecule has 0 fully saturated rings. The third-order valence-corrected chi connectivity index (χ3v) is 5.03. The van der Waals surface area contributed by atoms with Crippen LogP contribution in [0.25, 0.3) is 22.3 Å². The number of nitrogen functional groups attached to an aromatic ring is 1. The lowest BCUT2D eigenvalue weighted by molar-refractivity contribution is 0.151. The minimum Gasteiger partial charge on any atom is -0.383 e. The molecule has 0 aliphatic rings. The van der Waals surface area contributed by atoms with E-state index in [1.807, 2.05) is 32.0 Å². The van der Waals surface area contributed by atoms with Crippen molar-refractivity contribution >= 4 is 11.6 Å². The van der Waals surface area contributed by atoms with E-state index < -0.39 is 6.43 Å². The van der Waals surface area contributed by atoms with Crippen molar-refractivity contribution in [3.63, 3.8) is 0 Å². The minimum atomic E-state index is -2.64. The average molecular weight is 420 g/mol. The maximum Gasteiger partial charge on any atom is 0.265 e. The summed E-state index contributed by atoms with van der Waals surface area (Å²) in [5.41, 5.74) is 10.9. The van der Waals surface area contributed by atoms with Crippen molar-refractivity contribution in [2.75, 3.05) is 11.1 Å². The Morgan fingerprint density at radius 2 is 1.81 bits per heavy atom. The molecule has 0 spiro atoms. The van der Waals surface area contributed by atoms with Gasteiger partial charge in [-0.25, -0.2) is 18.7 Å². The van der Waals surface area contributed by atoms with Crippen molar-refractivity contribution in [1.29, 1.82) is 0 Å². The van der Waals surface area contributed by atoms with E-state index in [0.717, 1.165) is 28.7 Å². The summed E-state index contributed by atoms with van der Waals surface area (Å²) < 4.78 is 26.4. The summed E-state index contributed by atoms with van der Waals surface area (Å²) >= 11 is 0. The van der Waals surface area contributed by atoms with Crippen molar-refractivity contribution in [3.8, 4) is 22.3 Å². The smallest absolute Gasteiger partial charge is 0.265 e. The number of hydrogen-bond donors (Lipinski definition) is 3. The van der Waals surface area contributed by atoms with E-state index in [9.17, 15) is 8.78 Å². The number of aryl methyl sites for hydroxylation is 1. The van der Waals surface area contributed by atoms with Gasteiger partial charge in [-0.3, -0.25) is 4.98 Å². The summed E-state index contributed by atoms with van der Waals surface area (Å²) in [6.07, 6.45) is 1.32. The molecular weight excluding hydrogens is 398 g/mol. The van der Waals surface area contributed by atoms with E-state index in [0.29, 0.717) is 16.9 Å². The van der Waals surface area contributed by atoms with Crippen LogP contribution in [0, 0.1) is 6.92 Å². The Morgan fingerprint density at radius 1 is 1.03 bits per heavy atom. The minimum absolute atomic E-state index is 0.178. The van der Waals surface area contributed by atoms with E-state index in [2.05, 4.69) is 43.5 Å². The van der Waals surface area contributed by atoms with Crippen LogP contribution in [-0.4, -0.2) is 19.9 Å². The van der Waals surface area contributed by atoms with Gasteiger partial charge in [0.25, 0.3) is 6.43 Å². The lowest BCUT2D eigenvalue weighted by Crippen LogP contribution is -2.12. The fraction of sp³-hybridized carbons (Fsp3) is 0.174. The third kappa shape index (κ3) is 4.23. The number of pyridine rings is 1. The number of anilines is 2. The highest BCUT2D eigenvalue weighted by atomic mass is 19.3. The second kappa shape index (κ2) is 8.51. The average Bonchev–Trinajstić information content (AvgIpc) is 3.16. The first-order valence-corrected chi connectivity index (χ1v) is 9.79. The van der Waals surface area contributed by atoms with Gasteiger partial charge in [0.2, 0.25) is 0 Å². The summed E-state index contributed by atoms with van der Waals surface area (Å²) in [4.78, 5) is 15.7. The molecule has 4 rings (SSSR count). The molecule has 4 aromatic rings. The number of nitrogens with one attached hydrogen (secondary N) is 2. The van der Waals surface area contributed by atoms with Crippen molar-refractivity contribution in [1.82, 2.24) is 19.9 Å². The van der Waals surface area contributed by atoms with Crippen LogP contribution < -0.4 is 11.1 Å². The number of hydrogen-bond acceptors (Lipinski definition) is 5. The van der Waals surface area contributed by atoms with Gasteiger partial charge in [-0.1, -0.05) is 30.3 Å². The van der Waals surface area contributed by atoms with E-state index >= 15 is 0 Å². The van der Waals surface area contributed by atoms with Crippen LogP contribution in [0.3, 0.4) is 0 Å². The molecule has 0 aliphatic carbocycles. The maximum absolute atomic E-state index is 13.2. The molecule has 0 amide bonds. The molecule has 1 aromatic carbocycles. The molecule has 1 atom stereocenters. The highest BCUT2D eigenvalue weighted by Gasteiger charge is 2.20. The quantitative estimate of drug-likeness (QED) is 0.381. The van der Waals surface area contributed by atoms with Crippen LogP contribution in [0.15, 0.2) is 61.2 Å². The lowest BCUT2D eigenvalue weighted by Gasteiger charge is -2.19. The fourth-order valence-corrected chi connectivity index (χ4v) is 3.59. The van der Waals surface area contributed by atoms with Crippen LogP contribution in [0.1, 0.15) is 36.3 Å². The molecule has 0 radical (unpaired) electrons. The number of rotatable bonds is 6. The Hall–Kier alpha value is -3.81. The Balaban J connectivity index is 1.72. The predicted molar refractivity (Wildman–Crippen MR) is 118 cm³/mol. The molecule has 6 nitrogen and oxygen atoms in total. The zero-order valence-corrected chi connectivity index (χ0v) is 17.1. The van der Waals surface area contributed by atoms with Gasteiger partial charge in [-0.05, 0) is 31.5 Å². The first kappa shape index (κ1) is 20.5. The largest absolute Gasteiger partial charge is 0.383 e. The number of aromatic nitrogens is 4. The number of aromatic amines is 1. The Labute approximate surface area is 178 Å². The SMILES string of the molecule is Cc1cc(-c2ccccc2)c(C(C)Nc2ncnc(N)c2-c2cncc(C(F)F)c2)[nH]1. The van der Waals surface area contributed by atoms with Crippen LogP contribution in [0.2, 0.25) is 0 Å². The van der Waals surface area contributed by atoms with Crippen molar-refractivity contribution in [2.45, 2.75) is 26.3 Å². The Morgan fingerprint density at radius 3 is 2.55 bits per heavy atom. The highest BCUT2D eigenvalue weighted by molar-refractivity contribution is 5.83. The molecule has 0 bridgehead atoms. The summed E-state index contributed by atoms with van der Waals surface area (Å²) in [5.74, 6) is 0.628. The van der Waals surface area contributed by atoms with Crippen LogP contribution in [0.5, 0.6) is 0 Å². The van der Waals surface area contributed by atoms with Gasteiger partial charge in [0.15, 0.2) is 0 Å². The zero-order valence-electron chi connectivity index (χ0n) is 17.1. The number of H-pyrrole nitrogens is 1. The molecule has 1 unspecified atom stereocenters. The topological polar surface area (TPSA) is 92.5 Å². The molecular formula is C23H22F2N6. The van der Waals surface area contributed by atoms with Gasteiger partial charge in [-0.15, -0.1) is 0 Å². The van der Waals surface area contributed by atoms with E-state index in [1.165, 1.54) is 18.6 Å². The van der Waals surface area contributed by atoms with Crippen LogP contribution >= 0.6 is 0 Å². The number of nitrogens with two attached hydrogens (primary N) is 1. The Bertz CT molecular complexity index is 1190. The molecule has 0 saturated heterocycles. The molecule has 0 aliphatic heterocycles. The molecule has 158 valence electrons. The highest BCUT2D eigenvalue weighted by Crippen LogP contribution is 2.36. The van der Waals surface area contributed by atoms with E-state index in [4.69, 9.17) is 5.73 Å². The molecule has 0 saturated carbocycles. The van der Waals surface area contributed by atoms with Gasteiger partial charge < -0.3 is 16.0 Å². The summed E-state index contributed by atoms with van der Waals surface area (Å²) in [5, 5.41) is 3.36. The number of alkyl halides is 2. The number of nitrogens with zero attached hydrogens (tertiary/aromatic N) is 3. The van der Waals surface area contributed by atoms with Gasteiger partial charge in [-0.2, -0.15) is 0 Å². The van der Waals surface area contributed by atoms with Gasteiger partial charge in [0, 0.05) is 40.5 Å². The number of benzene rings is 1. The molecule has 3 heterocycles. The molecule has 8 heteroatoms. The van der Waals surface area contributed by atoms with Crippen LogP contribution in [-0.2, 0) is 0 Å². The first-order chi connectivity index (χ1) is 14.9. The summed E-state index contributed by atoms with van der Waals surface area (Å²) in [6.45, 7) is 3.99. The van der Waals surface area contributed by atoms with Crippen molar-refractivity contribution in [3.05, 3.63) is 78.1 Å². The summed E-state index contributed by atoms with van der Waals surface area (Å²) in [7, 11) is 0. The molecule has 4 N–H and O–H groups in total. The Kier molecular flexibility index (Phi) is 5.62. The second-order valence-corrected chi connectivity index (χ2v) is 7.30. The van der Waals surface area contributed by atoms with Gasteiger partial charge >= 0.3 is 0 Å².